The van der Waals surface area contributed by atoms with E-state index in [9.17, 15) is 4.79 Å². The van der Waals surface area contributed by atoms with E-state index in [1.54, 1.807) is 0 Å². The van der Waals surface area contributed by atoms with Gasteiger partial charge in [0.15, 0.2) is 0 Å². The number of nitrogens with zero attached hydrogens (tertiary/aromatic N) is 1. The fraction of sp³-hybridized carbons (Fsp3) is 0.320. The fourth-order valence-corrected chi connectivity index (χ4v) is 4.25. The van der Waals surface area contributed by atoms with Crippen LogP contribution in [-0.4, -0.2) is 15.6 Å². The molecule has 0 spiro atoms. The predicted molar refractivity (Wildman–Crippen MR) is 113 cm³/mol. The van der Waals surface area contributed by atoms with Crippen molar-refractivity contribution in [3.05, 3.63) is 77.5 Å². The number of rotatable bonds is 6. The van der Waals surface area contributed by atoms with Crippen LogP contribution in [0, 0.1) is 5.92 Å². The van der Waals surface area contributed by atoms with Gasteiger partial charge < -0.3 is 9.67 Å². The third-order valence-corrected chi connectivity index (χ3v) is 5.76. The molecule has 1 N–H and O–H groups in total. The normalized spacial score (nSPS) is 16.0. The molecule has 0 saturated heterocycles. The molecule has 3 nitrogen and oxygen atoms in total. The molecule has 0 fully saturated rings. The summed E-state index contributed by atoms with van der Waals surface area (Å²) in [7, 11) is 0. The number of carboxylic acid groups (broad SMARTS) is 1. The van der Waals surface area contributed by atoms with Gasteiger partial charge in [-0.25, -0.2) is 0 Å². The van der Waals surface area contributed by atoms with Crippen molar-refractivity contribution >= 4 is 5.97 Å². The maximum atomic E-state index is 10.7. The SMILES string of the molecule is CC1CCc2cc(-c3ccccc3)n(-c3ccc(CCCC(=O)O)cc3)c2C1. The number of aromatic nitrogens is 1. The second kappa shape index (κ2) is 8.05. The number of aryl methyl sites for hydroxylation is 2. The molecular formula is C25H27NO2. The van der Waals surface area contributed by atoms with E-state index >= 15 is 0 Å². The van der Waals surface area contributed by atoms with Gasteiger partial charge in [-0.1, -0.05) is 49.4 Å². The Morgan fingerprint density at radius 2 is 1.86 bits per heavy atom. The highest BCUT2D eigenvalue weighted by atomic mass is 16.4. The number of fused-ring (bicyclic) bond motifs is 1. The quantitative estimate of drug-likeness (QED) is 0.604. The van der Waals surface area contributed by atoms with Gasteiger partial charge in [0.1, 0.15) is 0 Å². The van der Waals surface area contributed by atoms with E-state index in [1.165, 1.54) is 40.2 Å². The van der Waals surface area contributed by atoms with Crippen molar-refractivity contribution in [1.82, 2.24) is 4.57 Å². The topological polar surface area (TPSA) is 42.2 Å². The van der Waals surface area contributed by atoms with E-state index in [4.69, 9.17) is 5.11 Å². The Labute approximate surface area is 166 Å². The fourth-order valence-electron chi connectivity index (χ4n) is 4.25. The summed E-state index contributed by atoms with van der Waals surface area (Å²) in [6, 6.07) is 21.6. The van der Waals surface area contributed by atoms with Crippen molar-refractivity contribution in [2.75, 3.05) is 0 Å². The molecular weight excluding hydrogens is 346 g/mol. The Morgan fingerprint density at radius 1 is 1.11 bits per heavy atom. The van der Waals surface area contributed by atoms with Crippen LogP contribution in [0.2, 0.25) is 0 Å². The molecule has 1 atom stereocenters. The van der Waals surface area contributed by atoms with E-state index in [-0.39, 0.29) is 6.42 Å². The number of hydrogen-bond donors (Lipinski definition) is 1. The van der Waals surface area contributed by atoms with Crippen LogP contribution in [0.15, 0.2) is 60.7 Å². The minimum absolute atomic E-state index is 0.225. The lowest BCUT2D eigenvalue weighted by Crippen LogP contribution is -2.14. The van der Waals surface area contributed by atoms with Crippen LogP contribution in [0.4, 0.5) is 0 Å². The Morgan fingerprint density at radius 3 is 2.57 bits per heavy atom. The lowest BCUT2D eigenvalue weighted by Gasteiger charge is -2.22. The second-order valence-electron chi connectivity index (χ2n) is 7.96. The highest BCUT2D eigenvalue weighted by Crippen LogP contribution is 2.35. The van der Waals surface area contributed by atoms with E-state index in [2.05, 4.69) is 72.2 Å². The van der Waals surface area contributed by atoms with Crippen LogP contribution < -0.4 is 0 Å². The van der Waals surface area contributed by atoms with Crippen LogP contribution >= 0.6 is 0 Å². The van der Waals surface area contributed by atoms with Gasteiger partial charge in [0.2, 0.25) is 0 Å². The highest BCUT2D eigenvalue weighted by molar-refractivity contribution is 5.67. The summed E-state index contributed by atoms with van der Waals surface area (Å²) < 4.78 is 2.43. The standard InChI is InChI=1S/C25H27NO2/c1-18-10-13-21-17-24(20-7-3-2-4-8-20)26(23(21)16-18)22-14-11-19(12-15-22)6-5-9-25(27)28/h2-4,7-8,11-12,14-15,17-18H,5-6,9-10,13,16H2,1H3,(H,27,28). The minimum Gasteiger partial charge on any atom is -0.481 e. The first-order chi connectivity index (χ1) is 13.6. The van der Waals surface area contributed by atoms with E-state index in [1.807, 2.05) is 0 Å². The molecule has 1 heterocycles. The van der Waals surface area contributed by atoms with Crippen LogP contribution in [0.5, 0.6) is 0 Å². The Kier molecular flexibility index (Phi) is 5.34. The van der Waals surface area contributed by atoms with Crippen molar-refractivity contribution in [3.63, 3.8) is 0 Å². The van der Waals surface area contributed by atoms with Crippen molar-refractivity contribution in [3.8, 4) is 16.9 Å². The van der Waals surface area contributed by atoms with Gasteiger partial charge in [0, 0.05) is 17.8 Å². The number of benzene rings is 2. The summed E-state index contributed by atoms with van der Waals surface area (Å²) in [6.45, 7) is 2.34. The molecule has 1 aliphatic carbocycles. The average Bonchev–Trinajstić information content (AvgIpc) is 3.07. The number of carboxylic acids is 1. The minimum atomic E-state index is -0.725. The van der Waals surface area contributed by atoms with Gasteiger partial charge in [-0.3, -0.25) is 4.79 Å². The monoisotopic (exact) mass is 373 g/mol. The van der Waals surface area contributed by atoms with Gasteiger partial charge in [-0.05, 0) is 72.9 Å². The van der Waals surface area contributed by atoms with E-state index in [0.717, 1.165) is 19.3 Å². The zero-order chi connectivity index (χ0) is 19.5. The van der Waals surface area contributed by atoms with Crippen molar-refractivity contribution in [1.29, 1.82) is 0 Å². The summed E-state index contributed by atoms with van der Waals surface area (Å²) in [6.07, 6.45) is 5.23. The molecule has 3 aromatic rings. The lowest BCUT2D eigenvalue weighted by atomic mass is 9.89. The number of carbonyl (C=O) groups is 1. The number of aliphatic carboxylic acids is 1. The molecule has 0 bridgehead atoms. The van der Waals surface area contributed by atoms with E-state index < -0.39 is 5.97 Å². The molecule has 1 aromatic heterocycles. The maximum Gasteiger partial charge on any atom is 0.303 e. The van der Waals surface area contributed by atoms with Gasteiger partial charge in [-0.15, -0.1) is 0 Å². The summed E-state index contributed by atoms with van der Waals surface area (Å²) in [5, 5.41) is 8.83. The summed E-state index contributed by atoms with van der Waals surface area (Å²) in [5.74, 6) is -0.0164. The first kappa shape index (κ1) is 18.5. The van der Waals surface area contributed by atoms with Crippen LogP contribution in [-0.2, 0) is 24.1 Å². The van der Waals surface area contributed by atoms with Gasteiger partial charge in [0.05, 0.1) is 5.69 Å². The third-order valence-electron chi connectivity index (χ3n) is 5.76. The van der Waals surface area contributed by atoms with E-state index in [0.29, 0.717) is 12.3 Å². The Balaban J connectivity index is 1.70. The van der Waals surface area contributed by atoms with Gasteiger partial charge >= 0.3 is 5.97 Å². The second-order valence-corrected chi connectivity index (χ2v) is 7.96. The summed E-state index contributed by atoms with van der Waals surface area (Å²) >= 11 is 0. The molecule has 0 saturated carbocycles. The number of hydrogen-bond acceptors (Lipinski definition) is 1. The molecule has 4 rings (SSSR count). The van der Waals surface area contributed by atoms with Crippen molar-refractivity contribution < 1.29 is 9.90 Å². The molecule has 1 aliphatic rings. The zero-order valence-corrected chi connectivity index (χ0v) is 16.4. The van der Waals surface area contributed by atoms with Crippen LogP contribution in [0.1, 0.15) is 43.0 Å². The Bertz CT molecular complexity index is 954. The molecule has 3 heteroatoms. The van der Waals surface area contributed by atoms with Crippen LogP contribution in [0.25, 0.3) is 16.9 Å². The molecule has 0 aliphatic heterocycles. The first-order valence-electron chi connectivity index (χ1n) is 10.2. The van der Waals surface area contributed by atoms with Crippen molar-refractivity contribution in [2.45, 2.75) is 45.4 Å². The van der Waals surface area contributed by atoms with Crippen molar-refractivity contribution in [2.24, 2.45) is 5.92 Å². The maximum absolute atomic E-state index is 10.7. The molecule has 0 radical (unpaired) electrons. The van der Waals surface area contributed by atoms with Gasteiger partial charge in [0.25, 0.3) is 0 Å². The third kappa shape index (κ3) is 3.89. The summed E-state index contributed by atoms with van der Waals surface area (Å²) in [5.41, 5.74) is 7.81. The predicted octanol–water partition coefficient (Wildman–Crippen LogP) is 5.68. The smallest absolute Gasteiger partial charge is 0.303 e. The molecule has 144 valence electrons. The first-order valence-corrected chi connectivity index (χ1v) is 10.2. The molecule has 28 heavy (non-hydrogen) atoms. The summed E-state index contributed by atoms with van der Waals surface area (Å²) in [4.78, 5) is 10.7. The Hall–Kier alpha value is -2.81. The highest BCUT2D eigenvalue weighted by Gasteiger charge is 2.23. The largest absolute Gasteiger partial charge is 0.481 e. The average molecular weight is 373 g/mol. The molecule has 1 unspecified atom stereocenters. The van der Waals surface area contributed by atoms with Gasteiger partial charge in [-0.2, -0.15) is 0 Å². The van der Waals surface area contributed by atoms with Crippen LogP contribution in [0.3, 0.4) is 0 Å². The molecule has 2 aromatic carbocycles. The molecule has 0 amide bonds. The zero-order valence-electron chi connectivity index (χ0n) is 16.4. The lowest BCUT2D eigenvalue weighted by molar-refractivity contribution is -0.137.